The van der Waals surface area contributed by atoms with Crippen molar-refractivity contribution in [2.45, 2.75) is 38.3 Å². The van der Waals surface area contributed by atoms with Crippen molar-refractivity contribution in [3.8, 4) is 0 Å². The van der Waals surface area contributed by atoms with E-state index >= 15 is 0 Å². The first kappa shape index (κ1) is 12.5. The highest BCUT2D eigenvalue weighted by Crippen LogP contribution is 2.36. The van der Waals surface area contributed by atoms with Crippen molar-refractivity contribution in [2.75, 3.05) is 0 Å². The lowest BCUT2D eigenvalue weighted by molar-refractivity contribution is 0.313. The van der Waals surface area contributed by atoms with Crippen LogP contribution in [0.15, 0.2) is 12.1 Å². The Morgan fingerprint density at radius 3 is 2.44 bits per heavy atom. The fourth-order valence-electron chi connectivity index (χ4n) is 1.89. The van der Waals surface area contributed by atoms with Crippen LogP contribution in [-0.2, 0) is 0 Å². The fourth-order valence-corrected chi connectivity index (χ4v) is 2.60. The lowest BCUT2D eigenvalue weighted by Gasteiger charge is -2.30. The summed E-state index contributed by atoms with van der Waals surface area (Å²) in [6.07, 6.45) is 3.83. The zero-order chi connectivity index (χ0) is 11.7. The molecule has 0 bridgehead atoms. The molecule has 1 fully saturated rings. The van der Waals surface area contributed by atoms with Crippen LogP contribution >= 0.6 is 34.8 Å². The predicted molar refractivity (Wildman–Crippen MR) is 70.7 cm³/mol. The van der Waals surface area contributed by atoms with Gasteiger partial charge in [-0.1, -0.05) is 47.3 Å². The Hall–Kier alpha value is 0.0500. The summed E-state index contributed by atoms with van der Waals surface area (Å²) in [5.74, 6) is 0. The van der Waals surface area contributed by atoms with Gasteiger partial charge in [0.1, 0.15) is 0 Å². The topological polar surface area (TPSA) is 12.0 Å². The molecule has 0 radical (unpaired) electrons. The van der Waals surface area contributed by atoms with E-state index in [4.69, 9.17) is 34.8 Å². The second kappa shape index (κ2) is 5.14. The first-order chi connectivity index (χ1) is 7.59. The van der Waals surface area contributed by atoms with Gasteiger partial charge in [0.05, 0.1) is 15.1 Å². The molecule has 1 aliphatic carbocycles. The number of halogens is 3. The molecule has 1 aromatic carbocycles. The minimum Gasteiger partial charge on any atom is -0.307 e. The lowest BCUT2D eigenvalue weighted by atomic mass is 9.92. The molecule has 1 atom stereocenters. The average Bonchev–Trinajstić information content (AvgIpc) is 2.20. The van der Waals surface area contributed by atoms with Gasteiger partial charge in [0.2, 0.25) is 0 Å². The third-order valence-corrected chi connectivity index (χ3v) is 4.43. The van der Waals surface area contributed by atoms with Crippen molar-refractivity contribution >= 4 is 34.8 Å². The minimum atomic E-state index is 0.215. The van der Waals surface area contributed by atoms with E-state index in [2.05, 4.69) is 12.2 Å². The highest BCUT2D eigenvalue weighted by Gasteiger charge is 2.21. The smallest absolute Gasteiger partial charge is 0.0781 e. The summed E-state index contributed by atoms with van der Waals surface area (Å²) in [6, 6.07) is 4.57. The van der Waals surface area contributed by atoms with E-state index in [1.54, 1.807) is 6.07 Å². The number of nitrogens with one attached hydrogen (secondary N) is 1. The van der Waals surface area contributed by atoms with Gasteiger partial charge in [-0.05, 0) is 31.4 Å². The molecule has 2 rings (SSSR count). The quantitative estimate of drug-likeness (QED) is 0.779. The van der Waals surface area contributed by atoms with E-state index in [-0.39, 0.29) is 6.04 Å². The molecule has 4 heteroatoms. The molecule has 0 saturated heterocycles. The third-order valence-electron chi connectivity index (χ3n) is 3.12. The van der Waals surface area contributed by atoms with Crippen LogP contribution in [0.1, 0.15) is 37.8 Å². The fraction of sp³-hybridized carbons (Fsp3) is 0.500. The van der Waals surface area contributed by atoms with Crippen molar-refractivity contribution in [3.05, 3.63) is 32.8 Å². The molecule has 0 aromatic heterocycles. The van der Waals surface area contributed by atoms with Crippen LogP contribution in [0.25, 0.3) is 0 Å². The predicted octanol–water partition coefficient (Wildman–Crippen LogP) is 4.85. The zero-order valence-electron chi connectivity index (χ0n) is 9.06. The molecular formula is C12H14Cl3N. The molecule has 88 valence electrons. The molecule has 1 aliphatic rings. The van der Waals surface area contributed by atoms with Crippen molar-refractivity contribution in [3.63, 3.8) is 0 Å². The highest BCUT2D eigenvalue weighted by molar-refractivity contribution is 6.48. The standard InChI is InChI=1S/C12H14Cl3N/c1-7(16-8-3-2-4-8)9-5-6-10(13)12(15)11(9)14/h5-8,16H,2-4H2,1H3. The van der Waals surface area contributed by atoms with Crippen molar-refractivity contribution in [1.82, 2.24) is 5.32 Å². The van der Waals surface area contributed by atoms with Crippen LogP contribution in [0.5, 0.6) is 0 Å². The Labute approximate surface area is 111 Å². The largest absolute Gasteiger partial charge is 0.307 e. The van der Waals surface area contributed by atoms with Gasteiger partial charge in [-0.15, -0.1) is 0 Å². The summed E-state index contributed by atoms with van der Waals surface area (Å²) in [6.45, 7) is 2.10. The molecule has 0 spiro atoms. The van der Waals surface area contributed by atoms with Gasteiger partial charge in [0, 0.05) is 12.1 Å². The first-order valence-corrected chi connectivity index (χ1v) is 6.62. The molecular weight excluding hydrogens is 264 g/mol. The average molecular weight is 279 g/mol. The first-order valence-electron chi connectivity index (χ1n) is 5.49. The number of hydrogen-bond acceptors (Lipinski definition) is 1. The number of benzene rings is 1. The van der Waals surface area contributed by atoms with E-state index in [0.29, 0.717) is 21.1 Å². The van der Waals surface area contributed by atoms with Crippen molar-refractivity contribution in [2.24, 2.45) is 0 Å². The van der Waals surface area contributed by atoms with E-state index in [1.165, 1.54) is 19.3 Å². The lowest BCUT2D eigenvalue weighted by Crippen LogP contribution is -2.36. The summed E-state index contributed by atoms with van der Waals surface area (Å²) in [5.41, 5.74) is 1.02. The van der Waals surface area contributed by atoms with Gasteiger partial charge < -0.3 is 5.32 Å². The van der Waals surface area contributed by atoms with Crippen LogP contribution in [0.2, 0.25) is 15.1 Å². The van der Waals surface area contributed by atoms with Crippen LogP contribution in [0, 0.1) is 0 Å². The van der Waals surface area contributed by atoms with Gasteiger partial charge in [-0.2, -0.15) is 0 Å². The van der Waals surface area contributed by atoms with Gasteiger partial charge in [-0.3, -0.25) is 0 Å². The van der Waals surface area contributed by atoms with E-state index in [0.717, 1.165) is 5.56 Å². The molecule has 1 saturated carbocycles. The SMILES string of the molecule is CC(NC1CCC1)c1ccc(Cl)c(Cl)c1Cl. The summed E-state index contributed by atoms with van der Waals surface area (Å²) < 4.78 is 0. The number of hydrogen-bond donors (Lipinski definition) is 1. The maximum atomic E-state index is 6.18. The Balaban J connectivity index is 2.15. The molecule has 0 amide bonds. The maximum absolute atomic E-state index is 6.18. The third kappa shape index (κ3) is 2.48. The Bertz CT molecular complexity index is 388. The summed E-state index contributed by atoms with van der Waals surface area (Å²) >= 11 is 18.1. The maximum Gasteiger partial charge on any atom is 0.0781 e. The van der Waals surface area contributed by atoms with Gasteiger partial charge in [0.15, 0.2) is 0 Å². The highest BCUT2D eigenvalue weighted by atomic mass is 35.5. The van der Waals surface area contributed by atoms with Crippen LogP contribution < -0.4 is 5.32 Å². The molecule has 1 aromatic rings. The minimum absolute atomic E-state index is 0.215. The van der Waals surface area contributed by atoms with Gasteiger partial charge in [-0.25, -0.2) is 0 Å². The number of rotatable bonds is 3. The Morgan fingerprint density at radius 2 is 1.88 bits per heavy atom. The summed E-state index contributed by atoms with van der Waals surface area (Å²) in [5, 5.41) is 5.05. The molecule has 1 N–H and O–H groups in total. The summed E-state index contributed by atoms with van der Waals surface area (Å²) in [4.78, 5) is 0. The van der Waals surface area contributed by atoms with Crippen LogP contribution in [-0.4, -0.2) is 6.04 Å². The van der Waals surface area contributed by atoms with Gasteiger partial charge in [0.25, 0.3) is 0 Å². The monoisotopic (exact) mass is 277 g/mol. The molecule has 0 aliphatic heterocycles. The second-order valence-electron chi connectivity index (χ2n) is 4.28. The molecule has 16 heavy (non-hydrogen) atoms. The van der Waals surface area contributed by atoms with E-state index in [1.807, 2.05) is 6.07 Å². The van der Waals surface area contributed by atoms with Crippen molar-refractivity contribution in [1.29, 1.82) is 0 Å². The summed E-state index contributed by atoms with van der Waals surface area (Å²) in [7, 11) is 0. The van der Waals surface area contributed by atoms with Crippen LogP contribution in [0.3, 0.4) is 0 Å². The van der Waals surface area contributed by atoms with Gasteiger partial charge >= 0.3 is 0 Å². The Morgan fingerprint density at radius 1 is 1.19 bits per heavy atom. The van der Waals surface area contributed by atoms with E-state index in [9.17, 15) is 0 Å². The molecule has 0 heterocycles. The van der Waals surface area contributed by atoms with Crippen molar-refractivity contribution < 1.29 is 0 Å². The molecule has 1 nitrogen and oxygen atoms in total. The normalized spacial score (nSPS) is 18.2. The second-order valence-corrected chi connectivity index (χ2v) is 5.44. The molecule has 1 unspecified atom stereocenters. The Kier molecular flexibility index (Phi) is 4.01. The zero-order valence-corrected chi connectivity index (χ0v) is 11.3. The van der Waals surface area contributed by atoms with Crippen LogP contribution in [0.4, 0.5) is 0 Å². The van der Waals surface area contributed by atoms with E-state index < -0.39 is 0 Å².